The summed E-state index contributed by atoms with van der Waals surface area (Å²) in [7, 11) is 1.53. The van der Waals surface area contributed by atoms with E-state index in [0.29, 0.717) is 32.4 Å². The molecule has 252 valence electrons. The average Bonchev–Trinajstić information content (AvgIpc) is 2.94. The van der Waals surface area contributed by atoms with Crippen LogP contribution in [0.2, 0.25) is 0 Å². The van der Waals surface area contributed by atoms with Crippen molar-refractivity contribution < 1.29 is 26.3 Å². The predicted molar refractivity (Wildman–Crippen MR) is 168 cm³/mol. The second kappa shape index (κ2) is 13.5. The topological polar surface area (TPSA) is 21.8 Å². The van der Waals surface area contributed by atoms with Gasteiger partial charge in [0, 0.05) is 55.3 Å². The molecule has 2 aromatic carbocycles. The molecule has 4 atom stereocenters. The number of halogens is 6. The first-order valence-electron chi connectivity index (χ1n) is 16.0. The Morgan fingerprint density at radius 3 is 1.71 bits per heavy atom. The Morgan fingerprint density at radius 2 is 1.22 bits per heavy atom. The average molecular weight is 641 g/mol. The van der Waals surface area contributed by atoms with E-state index >= 15 is 0 Å². The van der Waals surface area contributed by atoms with Crippen molar-refractivity contribution in [1.29, 1.82) is 0 Å². The van der Waals surface area contributed by atoms with E-state index in [4.69, 9.17) is 0 Å². The highest BCUT2D eigenvalue weighted by Gasteiger charge is 2.48. The molecule has 0 amide bonds. The van der Waals surface area contributed by atoms with Crippen LogP contribution < -0.4 is 5.32 Å². The van der Waals surface area contributed by atoms with Crippen molar-refractivity contribution in [2.75, 3.05) is 33.2 Å². The minimum atomic E-state index is -4.50. The zero-order valence-corrected chi connectivity index (χ0v) is 27.6. The molecular formula is C35H50F6N4. The maximum Gasteiger partial charge on any atom is 0.408 e. The van der Waals surface area contributed by atoms with E-state index in [9.17, 15) is 26.3 Å². The van der Waals surface area contributed by atoms with Crippen molar-refractivity contribution in [2.45, 2.75) is 114 Å². The number of nitrogens with zero attached hydrogens (tertiary/aromatic N) is 3. The summed E-state index contributed by atoms with van der Waals surface area (Å²) < 4.78 is 86.9. The van der Waals surface area contributed by atoms with Crippen LogP contribution in [-0.2, 0) is 0 Å². The number of hydrogen-bond donors (Lipinski definition) is 1. The van der Waals surface area contributed by atoms with E-state index in [-0.39, 0.29) is 34.2 Å². The standard InChI is InChI=1S/C35H50F6N4/c1-32(2,3)44-20-17-27(18-21-44)42-30(34(36,37)38)25-15-13-24(14-16-25)28-23-45(33(4,5)6)22-19-29(28)43(7)31(35(39,40)41)26-11-9-8-10-12-26/h8-16,27-31,42H,17-23H2,1-7H3. The number of likely N-dealkylation sites (tertiary alicyclic amines) is 2. The Labute approximate surface area is 265 Å². The van der Waals surface area contributed by atoms with Gasteiger partial charge in [-0.25, -0.2) is 0 Å². The molecule has 4 rings (SSSR count). The zero-order chi connectivity index (χ0) is 33.4. The lowest BCUT2D eigenvalue weighted by Crippen LogP contribution is -2.55. The van der Waals surface area contributed by atoms with Gasteiger partial charge in [0.05, 0.1) is 0 Å². The summed E-state index contributed by atoms with van der Waals surface area (Å²) in [5, 5.41) is 2.89. The third kappa shape index (κ3) is 8.82. The van der Waals surface area contributed by atoms with Crippen LogP contribution in [0.4, 0.5) is 26.3 Å². The molecule has 0 spiro atoms. The SMILES string of the molecule is CN(C1CCN(C(C)(C)C)CC1c1ccc(C(NC2CCN(C(C)(C)C)CC2)C(F)(F)F)cc1)C(c1ccccc1)C(F)(F)F. The van der Waals surface area contributed by atoms with E-state index in [2.05, 4.69) is 56.7 Å². The van der Waals surface area contributed by atoms with Gasteiger partial charge in [-0.2, -0.15) is 26.3 Å². The van der Waals surface area contributed by atoms with Gasteiger partial charge in [0.25, 0.3) is 0 Å². The fourth-order valence-corrected chi connectivity index (χ4v) is 7.11. The largest absolute Gasteiger partial charge is 0.408 e. The van der Waals surface area contributed by atoms with E-state index in [0.717, 1.165) is 18.7 Å². The highest BCUT2D eigenvalue weighted by molar-refractivity contribution is 5.31. The number of rotatable bonds is 7. The lowest BCUT2D eigenvalue weighted by molar-refractivity contribution is -0.192. The van der Waals surface area contributed by atoms with Crippen LogP contribution in [0.25, 0.3) is 0 Å². The Morgan fingerprint density at radius 1 is 0.689 bits per heavy atom. The number of piperidine rings is 2. The molecule has 0 bridgehead atoms. The molecule has 2 aromatic rings. The maximum absolute atomic E-state index is 14.6. The second-order valence-corrected chi connectivity index (χ2v) is 14.8. The van der Waals surface area contributed by atoms with Gasteiger partial charge < -0.3 is 0 Å². The number of alkyl halides is 6. The van der Waals surface area contributed by atoms with E-state index in [1.165, 1.54) is 36.2 Å². The molecule has 10 heteroatoms. The summed E-state index contributed by atoms with van der Waals surface area (Å²) >= 11 is 0. The van der Waals surface area contributed by atoms with Gasteiger partial charge >= 0.3 is 12.4 Å². The van der Waals surface area contributed by atoms with Gasteiger partial charge in [-0.3, -0.25) is 20.0 Å². The molecule has 4 unspecified atom stereocenters. The summed E-state index contributed by atoms with van der Waals surface area (Å²) in [5.41, 5.74) is 0.804. The number of benzene rings is 2. The normalized spacial score (nSPS) is 23.3. The molecule has 45 heavy (non-hydrogen) atoms. The Hall–Kier alpha value is -2.14. The van der Waals surface area contributed by atoms with Crippen LogP contribution in [0.3, 0.4) is 0 Å². The highest BCUT2D eigenvalue weighted by Crippen LogP contribution is 2.43. The molecule has 4 nitrogen and oxygen atoms in total. The van der Waals surface area contributed by atoms with Crippen molar-refractivity contribution in [3.63, 3.8) is 0 Å². The molecule has 0 saturated carbocycles. The van der Waals surface area contributed by atoms with Gasteiger partial charge in [-0.1, -0.05) is 54.6 Å². The number of nitrogens with one attached hydrogen (secondary N) is 1. The number of likely N-dealkylation sites (N-methyl/N-ethyl adjacent to an activating group) is 1. The molecule has 2 saturated heterocycles. The van der Waals surface area contributed by atoms with Crippen LogP contribution in [0.1, 0.15) is 95.5 Å². The molecule has 1 N–H and O–H groups in total. The summed E-state index contributed by atoms with van der Waals surface area (Å²) in [6.45, 7) is 15.1. The summed E-state index contributed by atoms with van der Waals surface area (Å²) in [4.78, 5) is 5.98. The molecule has 2 aliphatic rings. The first-order chi connectivity index (χ1) is 20.8. The van der Waals surface area contributed by atoms with Crippen LogP contribution in [0.15, 0.2) is 54.6 Å². The predicted octanol–water partition coefficient (Wildman–Crippen LogP) is 8.33. The first kappa shape index (κ1) is 35.7. The van der Waals surface area contributed by atoms with Gasteiger partial charge in [0.15, 0.2) is 0 Å². The molecule has 2 heterocycles. The van der Waals surface area contributed by atoms with Crippen LogP contribution in [-0.4, -0.2) is 83.4 Å². The maximum atomic E-state index is 14.6. The molecule has 2 fully saturated rings. The number of hydrogen-bond acceptors (Lipinski definition) is 4. The second-order valence-electron chi connectivity index (χ2n) is 14.8. The minimum Gasteiger partial charge on any atom is -0.300 e. The minimum absolute atomic E-state index is 0.0287. The fraction of sp³-hybridized carbons (Fsp3) is 0.657. The molecule has 0 aromatic heterocycles. The fourth-order valence-electron chi connectivity index (χ4n) is 7.11. The molecule has 0 radical (unpaired) electrons. The lowest BCUT2D eigenvalue weighted by atomic mass is 9.82. The van der Waals surface area contributed by atoms with E-state index in [1.54, 1.807) is 30.3 Å². The first-order valence-corrected chi connectivity index (χ1v) is 16.0. The van der Waals surface area contributed by atoms with Crippen molar-refractivity contribution in [3.05, 3.63) is 71.3 Å². The summed E-state index contributed by atoms with van der Waals surface area (Å²) in [6, 6.07) is 9.99. The third-order valence-electron chi connectivity index (χ3n) is 9.75. The van der Waals surface area contributed by atoms with Gasteiger partial charge in [-0.15, -0.1) is 0 Å². The third-order valence-corrected chi connectivity index (χ3v) is 9.75. The molecular weight excluding hydrogens is 590 g/mol. The van der Waals surface area contributed by atoms with Crippen LogP contribution >= 0.6 is 0 Å². The molecule has 2 aliphatic heterocycles. The molecule has 0 aliphatic carbocycles. The van der Waals surface area contributed by atoms with Crippen molar-refractivity contribution in [2.24, 2.45) is 0 Å². The van der Waals surface area contributed by atoms with Crippen molar-refractivity contribution >= 4 is 0 Å². The van der Waals surface area contributed by atoms with Crippen molar-refractivity contribution in [3.8, 4) is 0 Å². The summed E-state index contributed by atoms with van der Waals surface area (Å²) in [6.07, 6.45) is -7.24. The Balaban J connectivity index is 1.61. The lowest BCUT2D eigenvalue weighted by Gasteiger charge is -2.49. The quantitative estimate of drug-likeness (QED) is 0.307. The van der Waals surface area contributed by atoms with E-state index in [1.807, 2.05) is 0 Å². The van der Waals surface area contributed by atoms with Crippen LogP contribution in [0, 0.1) is 0 Å². The van der Waals surface area contributed by atoms with E-state index < -0.39 is 30.5 Å². The van der Waals surface area contributed by atoms with Crippen LogP contribution in [0.5, 0.6) is 0 Å². The van der Waals surface area contributed by atoms with Gasteiger partial charge in [0.1, 0.15) is 12.1 Å². The Bertz CT molecular complexity index is 1210. The summed E-state index contributed by atoms with van der Waals surface area (Å²) in [5.74, 6) is -0.329. The van der Waals surface area contributed by atoms with Gasteiger partial charge in [-0.05, 0) is 84.5 Å². The van der Waals surface area contributed by atoms with Crippen molar-refractivity contribution in [1.82, 2.24) is 20.0 Å². The highest BCUT2D eigenvalue weighted by atomic mass is 19.4. The monoisotopic (exact) mass is 640 g/mol. The van der Waals surface area contributed by atoms with Gasteiger partial charge in [0.2, 0.25) is 0 Å². The smallest absolute Gasteiger partial charge is 0.300 e. The zero-order valence-electron chi connectivity index (χ0n) is 27.6. The Kier molecular flexibility index (Phi) is 10.7.